The van der Waals surface area contributed by atoms with Crippen molar-refractivity contribution in [1.29, 1.82) is 0 Å². The van der Waals surface area contributed by atoms with Crippen molar-refractivity contribution in [2.45, 2.75) is 24.7 Å². The third-order valence-electron chi connectivity index (χ3n) is 3.10. The summed E-state index contributed by atoms with van der Waals surface area (Å²) in [5.41, 5.74) is 0.932. The molecule has 1 aromatic rings. The highest BCUT2D eigenvalue weighted by Gasteiger charge is 2.16. The lowest BCUT2D eigenvalue weighted by Crippen LogP contribution is -2.22. The quantitative estimate of drug-likeness (QED) is 0.592. The fraction of sp³-hybridized carbons (Fsp3) is 0.571. The van der Waals surface area contributed by atoms with E-state index in [-0.39, 0.29) is 0 Å². The Morgan fingerprint density at radius 3 is 2.35 bits per heavy atom. The molecular weight excluding hydrogens is 296 g/mol. The van der Waals surface area contributed by atoms with Gasteiger partial charge in [0.15, 0.2) is 0 Å². The van der Waals surface area contributed by atoms with E-state index in [0.717, 1.165) is 25.1 Å². The van der Waals surface area contributed by atoms with E-state index in [1.807, 2.05) is 0 Å². The van der Waals surface area contributed by atoms with Gasteiger partial charge >= 0.3 is 0 Å². The van der Waals surface area contributed by atoms with Crippen molar-refractivity contribution in [3.8, 4) is 0 Å². The first kappa shape index (κ1) is 17.3. The van der Waals surface area contributed by atoms with Gasteiger partial charge < -0.3 is 5.32 Å². The van der Waals surface area contributed by atoms with Crippen LogP contribution in [0, 0.1) is 5.92 Å². The van der Waals surface area contributed by atoms with Crippen LogP contribution in [0.1, 0.15) is 19.8 Å². The number of benzene rings is 1. The Morgan fingerprint density at radius 2 is 1.85 bits per heavy atom. The van der Waals surface area contributed by atoms with Crippen molar-refractivity contribution < 1.29 is 8.42 Å². The van der Waals surface area contributed by atoms with E-state index < -0.39 is 10.0 Å². The lowest BCUT2D eigenvalue weighted by atomic mass is 10.1. The van der Waals surface area contributed by atoms with Crippen LogP contribution in [0.2, 0.25) is 0 Å². The largest absolute Gasteiger partial charge is 0.385 e. The Balaban J connectivity index is 2.52. The van der Waals surface area contributed by atoms with Gasteiger partial charge in [-0.15, -0.1) is 11.6 Å². The second-order valence-corrected chi connectivity index (χ2v) is 7.60. The molecule has 1 rings (SSSR count). The normalized spacial score (nSPS) is 13.4. The maximum absolute atomic E-state index is 11.9. The molecule has 114 valence electrons. The number of alkyl halides is 1. The molecule has 0 saturated heterocycles. The second kappa shape index (κ2) is 7.86. The van der Waals surface area contributed by atoms with E-state index in [2.05, 4.69) is 12.2 Å². The summed E-state index contributed by atoms with van der Waals surface area (Å²) in [5.74, 6) is 1.22. The predicted molar refractivity (Wildman–Crippen MR) is 84.9 cm³/mol. The monoisotopic (exact) mass is 318 g/mol. The van der Waals surface area contributed by atoms with Gasteiger partial charge in [0.2, 0.25) is 10.0 Å². The third-order valence-corrected chi connectivity index (χ3v) is 5.46. The van der Waals surface area contributed by atoms with Crippen molar-refractivity contribution in [2.75, 3.05) is 31.8 Å². The van der Waals surface area contributed by atoms with Gasteiger partial charge in [0.25, 0.3) is 0 Å². The average molecular weight is 319 g/mol. The van der Waals surface area contributed by atoms with Gasteiger partial charge in [-0.25, -0.2) is 12.7 Å². The topological polar surface area (TPSA) is 49.4 Å². The smallest absolute Gasteiger partial charge is 0.242 e. The van der Waals surface area contributed by atoms with Crippen molar-refractivity contribution in [1.82, 2.24) is 4.31 Å². The minimum atomic E-state index is -3.34. The summed E-state index contributed by atoms with van der Waals surface area (Å²) in [7, 11) is -0.288. The van der Waals surface area contributed by atoms with Crippen LogP contribution in [0.25, 0.3) is 0 Å². The SMILES string of the molecule is CC(CCl)CCCNc1ccc(S(=O)(=O)N(C)C)cc1. The molecule has 0 spiro atoms. The molecule has 0 amide bonds. The van der Waals surface area contributed by atoms with Crippen molar-refractivity contribution in [3.05, 3.63) is 24.3 Å². The van der Waals surface area contributed by atoms with Crippen LogP contribution < -0.4 is 5.32 Å². The Bertz CT molecular complexity index is 500. The summed E-state index contributed by atoms with van der Waals surface area (Å²) in [6.07, 6.45) is 2.13. The first-order chi connectivity index (χ1) is 9.37. The Hall–Kier alpha value is -0.780. The molecule has 0 fully saturated rings. The summed E-state index contributed by atoms with van der Waals surface area (Å²) < 4.78 is 25.0. The zero-order chi connectivity index (χ0) is 15.2. The van der Waals surface area contributed by atoms with Gasteiger partial charge in [0.1, 0.15) is 0 Å². The van der Waals surface area contributed by atoms with Gasteiger partial charge in [-0.05, 0) is 43.0 Å². The van der Waals surface area contributed by atoms with E-state index in [1.165, 1.54) is 18.4 Å². The molecule has 0 aromatic heterocycles. The fourth-order valence-electron chi connectivity index (χ4n) is 1.72. The number of hydrogen-bond donors (Lipinski definition) is 1. The van der Waals surface area contributed by atoms with Crippen LogP contribution in [0.5, 0.6) is 0 Å². The molecule has 0 aliphatic carbocycles. The Labute approximate surface area is 127 Å². The number of hydrogen-bond acceptors (Lipinski definition) is 3. The van der Waals surface area contributed by atoms with Crippen molar-refractivity contribution in [3.63, 3.8) is 0 Å². The predicted octanol–water partition coefficient (Wildman–Crippen LogP) is 3.00. The fourth-order valence-corrected chi connectivity index (χ4v) is 2.77. The highest BCUT2D eigenvalue weighted by molar-refractivity contribution is 7.89. The average Bonchev–Trinajstić information content (AvgIpc) is 2.43. The minimum Gasteiger partial charge on any atom is -0.385 e. The minimum absolute atomic E-state index is 0.309. The molecule has 0 aliphatic heterocycles. The molecular formula is C14H23ClN2O2S. The molecule has 0 heterocycles. The number of sulfonamides is 1. The molecule has 4 nitrogen and oxygen atoms in total. The molecule has 1 aromatic carbocycles. The van der Waals surface area contributed by atoms with Crippen LogP contribution >= 0.6 is 11.6 Å². The maximum Gasteiger partial charge on any atom is 0.242 e. The molecule has 20 heavy (non-hydrogen) atoms. The van der Waals surface area contributed by atoms with E-state index in [0.29, 0.717) is 16.7 Å². The zero-order valence-corrected chi connectivity index (χ0v) is 13.8. The molecule has 1 N–H and O–H groups in total. The van der Waals surface area contributed by atoms with Crippen molar-refractivity contribution in [2.24, 2.45) is 5.92 Å². The highest BCUT2D eigenvalue weighted by Crippen LogP contribution is 2.17. The Morgan fingerprint density at radius 1 is 1.25 bits per heavy atom. The van der Waals surface area contributed by atoms with Crippen LogP contribution in [0.3, 0.4) is 0 Å². The second-order valence-electron chi connectivity index (χ2n) is 5.14. The highest BCUT2D eigenvalue weighted by atomic mass is 35.5. The van der Waals surface area contributed by atoms with Gasteiger partial charge in [0.05, 0.1) is 4.90 Å². The molecule has 1 unspecified atom stereocenters. The molecule has 0 saturated carbocycles. The first-order valence-corrected chi connectivity index (χ1v) is 8.68. The number of nitrogens with one attached hydrogen (secondary N) is 1. The number of rotatable bonds is 8. The number of halogens is 1. The van der Waals surface area contributed by atoms with Gasteiger partial charge in [-0.1, -0.05) is 6.92 Å². The summed E-state index contributed by atoms with van der Waals surface area (Å²) in [6, 6.07) is 6.83. The van der Waals surface area contributed by atoms with Gasteiger partial charge in [0, 0.05) is 32.2 Å². The Kier molecular flexibility index (Phi) is 6.79. The summed E-state index contributed by atoms with van der Waals surface area (Å²) >= 11 is 5.75. The molecule has 0 bridgehead atoms. The van der Waals surface area contributed by atoms with Crippen LogP contribution in [-0.2, 0) is 10.0 Å². The summed E-state index contributed by atoms with van der Waals surface area (Å²) in [5, 5.41) is 3.28. The zero-order valence-electron chi connectivity index (χ0n) is 12.3. The molecule has 0 aliphatic rings. The lowest BCUT2D eigenvalue weighted by Gasteiger charge is -2.12. The van der Waals surface area contributed by atoms with Crippen LogP contribution in [-0.4, -0.2) is 39.2 Å². The van der Waals surface area contributed by atoms with Gasteiger partial charge in [-0.2, -0.15) is 0 Å². The number of anilines is 1. The van der Waals surface area contributed by atoms with E-state index in [4.69, 9.17) is 11.6 Å². The molecule has 0 radical (unpaired) electrons. The number of nitrogens with zero attached hydrogens (tertiary/aromatic N) is 1. The maximum atomic E-state index is 11.9. The van der Waals surface area contributed by atoms with Crippen LogP contribution in [0.4, 0.5) is 5.69 Å². The van der Waals surface area contributed by atoms with E-state index in [9.17, 15) is 8.42 Å². The van der Waals surface area contributed by atoms with Crippen molar-refractivity contribution >= 4 is 27.3 Å². The first-order valence-electron chi connectivity index (χ1n) is 6.70. The summed E-state index contributed by atoms with van der Waals surface area (Å²) in [4.78, 5) is 0.309. The van der Waals surface area contributed by atoms with Gasteiger partial charge in [-0.3, -0.25) is 0 Å². The standard InChI is InChI=1S/C14H23ClN2O2S/c1-12(11-15)5-4-10-16-13-6-8-14(9-7-13)20(18,19)17(2)3/h6-9,12,16H,4-5,10-11H2,1-3H3. The molecule has 1 atom stereocenters. The lowest BCUT2D eigenvalue weighted by molar-refractivity contribution is 0.521. The van der Waals surface area contributed by atoms with E-state index >= 15 is 0 Å². The van der Waals surface area contributed by atoms with Crippen LogP contribution in [0.15, 0.2) is 29.2 Å². The van der Waals surface area contributed by atoms with E-state index in [1.54, 1.807) is 24.3 Å². The third kappa shape index (κ3) is 4.96. The molecule has 6 heteroatoms. The summed E-state index contributed by atoms with van der Waals surface area (Å²) in [6.45, 7) is 2.99.